The summed E-state index contributed by atoms with van der Waals surface area (Å²) in [4.78, 5) is 29.8. The molecule has 0 aliphatic carbocycles. The molecule has 2 aliphatic heterocycles. The average Bonchev–Trinajstić information content (AvgIpc) is 2.96. The Morgan fingerprint density at radius 1 is 0.867 bits per heavy atom. The Kier molecular flexibility index (Phi) is 6.21. The number of hydrogen-bond donors (Lipinski definition) is 0. The van der Waals surface area contributed by atoms with Crippen molar-refractivity contribution in [3.05, 3.63) is 47.3 Å². The van der Waals surface area contributed by atoms with Crippen molar-refractivity contribution in [1.29, 1.82) is 0 Å². The van der Waals surface area contributed by atoms with Crippen molar-refractivity contribution < 1.29 is 9.59 Å². The Labute approximate surface area is 178 Å². The van der Waals surface area contributed by atoms with Gasteiger partial charge in [0.25, 0.3) is 5.91 Å². The summed E-state index contributed by atoms with van der Waals surface area (Å²) in [6, 6.07) is 9.69. The van der Waals surface area contributed by atoms with Gasteiger partial charge in [-0.05, 0) is 69.9 Å². The number of nitrogens with zero attached hydrogens (tertiary/aromatic N) is 4. The van der Waals surface area contributed by atoms with Gasteiger partial charge in [0.2, 0.25) is 5.91 Å². The predicted molar refractivity (Wildman–Crippen MR) is 117 cm³/mol. The standard InChI is InChI=1S/C24H32N4O2/c1-18-17-19(2)28(25-18)22-9-7-20(8-10-22)23(29)27-15-11-21(12-16-27)24(30)26-13-5-3-4-6-14-26/h7-10,17,21H,3-6,11-16H2,1-2H3. The summed E-state index contributed by atoms with van der Waals surface area (Å²) >= 11 is 0. The van der Waals surface area contributed by atoms with E-state index in [0.29, 0.717) is 24.6 Å². The number of carbonyl (C=O) groups is 2. The lowest BCUT2D eigenvalue weighted by molar-refractivity contribution is -0.136. The molecule has 0 N–H and O–H groups in total. The molecular formula is C24H32N4O2. The molecule has 30 heavy (non-hydrogen) atoms. The quantitative estimate of drug-likeness (QED) is 0.777. The second kappa shape index (κ2) is 9.02. The van der Waals surface area contributed by atoms with E-state index in [1.165, 1.54) is 12.8 Å². The molecule has 2 amide bonds. The molecule has 0 atom stereocenters. The third kappa shape index (κ3) is 4.42. The molecule has 2 fully saturated rings. The van der Waals surface area contributed by atoms with E-state index in [-0.39, 0.29) is 11.8 Å². The lowest BCUT2D eigenvalue weighted by atomic mass is 9.94. The molecule has 0 bridgehead atoms. The SMILES string of the molecule is Cc1cc(C)n(-c2ccc(C(=O)N3CCC(C(=O)N4CCCCCC4)CC3)cc2)n1. The molecule has 3 heterocycles. The van der Waals surface area contributed by atoms with Crippen molar-refractivity contribution in [2.45, 2.75) is 52.4 Å². The van der Waals surface area contributed by atoms with Crippen LogP contribution in [0.15, 0.2) is 30.3 Å². The summed E-state index contributed by atoms with van der Waals surface area (Å²) in [7, 11) is 0. The van der Waals surface area contributed by atoms with Gasteiger partial charge in [0.1, 0.15) is 0 Å². The number of carbonyl (C=O) groups excluding carboxylic acids is 2. The maximum absolute atomic E-state index is 13.0. The normalized spacial score (nSPS) is 18.3. The second-order valence-corrected chi connectivity index (χ2v) is 8.69. The van der Waals surface area contributed by atoms with Crippen molar-refractivity contribution in [2.24, 2.45) is 5.92 Å². The Morgan fingerprint density at radius 3 is 2.07 bits per heavy atom. The number of hydrogen-bond acceptors (Lipinski definition) is 3. The van der Waals surface area contributed by atoms with E-state index in [9.17, 15) is 9.59 Å². The topological polar surface area (TPSA) is 58.4 Å². The zero-order valence-electron chi connectivity index (χ0n) is 18.1. The number of likely N-dealkylation sites (tertiary alicyclic amines) is 2. The van der Waals surface area contributed by atoms with Crippen molar-refractivity contribution in [3.63, 3.8) is 0 Å². The summed E-state index contributed by atoms with van der Waals surface area (Å²) < 4.78 is 1.89. The summed E-state index contributed by atoms with van der Waals surface area (Å²) in [5, 5.41) is 4.50. The van der Waals surface area contributed by atoms with Crippen molar-refractivity contribution in [1.82, 2.24) is 19.6 Å². The molecule has 0 spiro atoms. The molecule has 2 saturated heterocycles. The van der Waals surface area contributed by atoms with Gasteiger partial charge in [-0.1, -0.05) is 12.8 Å². The fourth-order valence-electron chi connectivity index (χ4n) is 4.70. The third-order valence-corrected chi connectivity index (χ3v) is 6.42. The molecule has 2 aliphatic rings. The molecule has 6 heteroatoms. The Morgan fingerprint density at radius 2 is 1.50 bits per heavy atom. The third-order valence-electron chi connectivity index (χ3n) is 6.42. The molecule has 1 aromatic carbocycles. The molecule has 160 valence electrons. The first-order valence-corrected chi connectivity index (χ1v) is 11.2. The van der Waals surface area contributed by atoms with E-state index in [2.05, 4.69) is 10.00 Å². The van der Waals surface area contributed by atoms with Gasteiger partial charge in [0.15, 0.2) is 0 Å². The van der Waals surface area contributed by atoms with Gasteiger partial charge in [0.05, 0.1) is 11.4 Å². The molecule has 1 aromatic heterocycles. The monoisotopic (exact) mass is 408 g/mol. The van der Waals surface area contributed by atoms with Crippen LogP contribution in [-0.4, -0.2) is 57.6 Å². The minimum Gasteiger partial charge on any atom is -0.342 e. The van der Waals surface area contributed by atoms with Gasteiger partial charge < -0.3 is 9.80 Å². The Hall–Kier alpha value is -2.63. The number of benzene rings is 1. The van der Waals surface area contributed by atoms with Crippen molar-refractivity contribution >= 4 is 11.8 Å². The smallest absolute Gasteiger partial charge is 0.253 e. The van der Waals surface area contributed by atoms with E-state index < -0.39 is 0 Å². The van der Waals surface area contributed by atoms with Crippen molar-refractivity contribution in [2.75, 3.05) is 26.2 Å². The lowest BCUT2D eigenvalue weighted by Crippen LogP contribution is -2.44. The van der Waals surface area contributed by atoms with Crippen LogP contribution in [0.25, 0.3) is 5.69 Å². The van der Waals surface area contributed by atoms with Crippen LogP contribution in [0.3, 0.4) is 0 Å². The first-order chi connectivity index (χ1) is 14.5. The first-order valence-electron chi connectivity index (χ1n) is 11.2. The summed E-state index contributed by atoms with van der Waals surface area (Å²) in [5.41, 5.74) is 3.70. The largest absolute Gasteiger partial charge is 0.342 e. The molecule has 2 aromatic rings. The molecular weight excluding hydrogens is 376 g/mol. The summed E-state index contributed by atoms with van der Waals surface area (Å²) in [6.07, 6.45) is 6.24. The maximum Gasteiger partial charge on any atom is 0.253 e. The number of piperidine rings is 1. The predicted octanol–water partition coefficient (Wildman–Crippen LogP) is 3.74. The molecule has 0 unspecified atom stereocenters. The Balaban J connectivity index is 1.35. The molecule has 0 saturated carbocycles. The van der Waals surface area contributed by atoms with Gasteiger partial charge in [-0.25, -0.2) is 4.68 Å². The zero-order valence-corrected chi connectivity index (χ0v) is 18.1. The van der Waals surface area contributed by atoms with Crippen LogP contribution in [0, 0.1) is 19.8 Å². The van der Waals surface area contributed by atoms with Crippen LogP contribution < -0.4 is 0 Å². The highest BCUT2D eigenvalue weighted by molar-refractivity contribution is 5.94. The highest BCUT2D eigenvalue weighted by Crippen LogP contribution is 2.23. The minimum absolute atomic E-state index is 0.0515. The first kappa shape index (κ1) is 20.6. The summed E-state index contributed by atoms with van der Waals surface area (Å²) in [5.74, 6) is 0.425. The van der Waals surface area contributed by atoms with Crippen LogP contribution in [-0.2, 0) is 4.79 Å². The fourth-order valence-corrected chi connectivity index (χ4v) is 4.70. The zero-order chi connectivity index (χ0) is 21.1. The van der Waals surface area contributed by atoms with Gasteiger partial charge in [-0.2, -0.15) is 5.10 Å². The van der Waals surface area contributed by atoms with E-state index >= 15 is 0 Å². The number of aryl methyl sites for hydroxylation is 2. The molecule has 4 rings (SSSR count). The van der Waals surface area contributed by atoms with Crippen LogP contribution in [0.4, 0.5) is 0 Å². The maximum atomic E-state index is 13.0. The van der Waals surface area contributed by atoms with Crippen LogP contribution in [0.1, 0.15) is 60.3 Å². The number of rotatable bonds is 3. The number of aromatic nitrogens is 2. The fraction of sp³-hybridized carbons (Fsp3) is 0.542. The van der Waals surface area contributed by atoms with E-state index in [1.54, 1.807) is 0 Å². The van der Waals surface area contributed by atoms with E-state index in [1.807, 2.05) is 53.8 Å². The average molecular weight is 409 g/mol. The van der Waals surface area contributed by atoms with Crippen LogP contribution in [0.5, 0.6) is 0 Å². The van der Waals surface area contributed by atoms with Crippen LogP contribution >= 0.6 is 0 Å². The molecule has 0 radical (unpaired) electrons. The second-order valence-electron chi connectivity index (χ2n) is 8.69. The van der Waals surface area contributed by atoms with Gasteiger partial charge in [-0.3, -0.25) is 9.59 Å². The van der Waals surface area contributed by atoms with E-state index in [0.717, 1.165) is 55.8 Å². The Bertz CT molecular complexity index is 886. The lowest BCUT2D eigenvalue weighted by Gasteiger charge is -2.34. The van der Waals surface area contributed by atoms with Crippen LogP contribution in [0.2, 0.25) is 0 Å². The number of amides is 2. The summed E-state index contributed by atoms with van der Waals surface area (Å²) in [6.45, 7) is 7.11. The molecule has 6 nitrogen and oxygen atoms in total. The van der Waals surface area contributed by atoms with E-state index in [4.69, 9.17) is 0 Å². The van der Waals surface area contributed by atoms with Gasteiger partial charge in [0, 0.05) is 43.4 Å². The van der Waals surface area contributed by atoms with Crippen molar-refractivity contribution in [3.8, 4) is 5.69 Å². The van der Waals surface area contributed by atoms with Gasteiger partial charge in [-0.15, -0.1) is 0 Å². The highest BCUT2D eigenvalue weighted by Gasteiger charge is 2.30. The van der Waals surface area contributed by atoms with Gasteiger partial charge >= 0.3 is 0 Å². The minimum atomic E-state index is 0.0515. The highest BCUT2D eigenvalue weighted by atomic mass is 16.2.